The van der Waals surface area contributed by atoms with Crippen LogP contribution in [0.1, 0.15) is 104 Å². The molecule has 0 spiro atoms. The third-order valence-corrected chi connectivity index (χ3v) is 9.74. The lowest BCUT2D eigenvalue weighted by Gasteiger charge is -2.69. The zero-order valence-corrected chi connectivity index (χ0v) is 20.6. The Morgan fingerprint density at radius 1 is 0.966 bits per heavy atom. The Labute approximate surface area is 184 Å². The van der Waals surface area contributed by atoms with Gasteiger partial charge in [-0.2, -0.15) is 12.6 Å². The van der Waals surface area contributed by atoms with Crippen molar-refractivity contribution in [3.63, 3.8) is 0 Å². The zero-order chi connectivity index (χ0) is 21.4. The molecule has 1 aromatic carbocycles. The summed E-state index contributed by atoms with van der Waals surface area (Å²) in [6.45, 7) is 16.7. The van der Waals surface area contributed by atoms with Crippen LogP contribution in [0, 0.1) is 28.6 Å². The molecule has 0 aromatic heterocycles. The predicted octanol–water partition coefficient (Wildman–Crippen LogP) is 7.64. The third kappa shape index (κ3) is 3.19. The molecule has 4 saturated carbocycles. The standard InChI is InChI=1S/C27H42OS/c1-17(2)25-10-19-11-26(14-25,18(3)4)16-27(12-19,15-25)22-9-21(24(5,6)7)8-20(13-29)23(22)28/h8-9,17-19,28-29H,10-16H2,1-7H3. The van der Waals surface area contributed by atoms with Crippen molar-refractivity contribution in [3.8, 4) is 5.75 Å². The molecule has 0 amide bonds. The number of phenols is 1. The number of phenolic OH excluding ortho intramolecular Hbond substituents is 1. The van der Waals surface area contributed by atoms with E-state index < -0.39 is 0 Å². The molecule has 0 heterocycles. The normalized spacial score (nSPS) is 36.4. The molecule has 4 bridgehead atoms. The molecular weight excluding hydrogens is 372 g/mol. The van der Waals surface area contributed by atoms with Gasteiger partial charge < -0.3 is 5.11 Å². The van der Waals surface area contributed by atoms with Crippen molar-refractivity contribution < 1.29 is 5.11 Å². The summed E-state index contributed by atoms with van der Waals surface area (Å²) in [5.41, 5.74) is 4.72. The van der Waals surface area contributed by atoms with E-state index in [9.17, 15) is 5.11 Å². The fourth-order valence-corrected chi connectivity index (χ4v) is 8.07. The van der Waals surface area contributed by atoms with Crippen molar-refractivity contribution >= 4 is 12.6 Å². The minimum atomic E-state index is 0.0773. The fraction of sp³-hybridized carbons (Fsp3) is 0.778. The van der Waals surface area contributed by atoms with Crippen LogP contribution in [0.5, 0.6) is 5.75 Å². The van der Waals surface area contributed by atoms with Gasteiger partial charge in [-0.15, -0.1) is 0 Å². The molecule has 2 unspecified atom stereocenters. The summed E-state index contributed by atoms with van der Waals surface area (Å²) in [7, 11) is 0. The Kier molecular flexibility index (Phi) is 4.98. The van der Waals surface area contributed by atoms with Gasteiger partial charge >= 0.3 is 0 Å². The maximum Gasteiger partial charge on any atom is 0.123 e. The summed E-state index contributed by atoms with van der Waals surface area (Å²) in [4.78, 5) is 0. The lowest BCUT2D eigenvalue weighted by atomic mass is 9.35. The van der Waals surface area contributed by atoms with Crippen molar-refractivity contribution in [3.05, 3.63) is 28.8 Å². The molecule has 0 saturated heterocycles. The van der Waals surface area contributed by atoms with Gasteiger partial charge in [0.05, 0.1) is 0 Å². The lowest BCUT2D eigenvalue weighted by Crippen LogP contribution is -2.61. The number of hydrogen-bond acceptors (Lipinski definition) is 2. The number of thiol groups is 1. The minimum Gasteiger partial charge on any atom is -0.507 e. The highest BCUT2D eigenvalue weighted by Crippen LogP contribution is 2.74. The first-order valence-corrected chi connectivity index (χ1v) is 12.5. The maximum atomic E-state index is 11.4. The summed E-state index contributed by atoms with van der Waals surface area (Å²) in [6.07, 6.45) is 7.99. The first kappa shape index (κ1) is 21.6. The van der Waals surface area contributed by atoms with Gasteiger partial charge in [-0.25, -0.2) is 0 Å². The Bertz CT molecular complexity index is 775. The highest BCUT2D eigenvalue weighted by atomic mass is 32.1. The van der Waals surface area contributed by atoms with Crippen molar-refractivity contribution in [1.82, 2.24) is 0 Å². The Morgan fingerprint density at radius 3 is 1.97 bits per heavy atom. The smallest absolute Gasteiger partial charge is 0.123 e. The van der Waals surface area contributed by atoms with Crippen molar-refractivity contribution in [2.45, 2.75) is 104 Å². The average molecular weight is 415 g/mol. The first-order chi connectivity index (χ1) is 13.4. The molecule has 2 heteroatoms. The molecule has 1 N–H and O–H groups in total. The molecule has 1 nitrogen and oxygen atoms in total. The minimum absolute atomic E-state index is 0.0773. The monoisotopic (exact) mass is 414 g/mol. The van der Waals surface area contributed by atoms with E-state index in [1.165, 1.54) is 49.7 Å². The second kappa shape index (κ2) is 6.68. The van der Waals surface area contributed by atoms with E-state index in [2.05, 4.69) is 73.2 Å². The van der Waals surface area contributed by atoms with Crippen molar-refractivity contribution in [2.24, 2.45) is 28.6 Å². The highest BCUT2D eigenvalue weighted by molar-refractivity contribution is 7.79. The summed E-state index contributed by atoms with van der Waals surface area (Å²) in [5, 5.41) is 11.4. The van der Waals surface area contributed by atoms with E-state index in [1.54, 1.807) is 0 Å². The fourth-order valence-electron chi connectivity index (χ4n) is 7.83. The number of rotatable bonds is 4. The van der Waals surface area contributed by atoms with E-state index in [1.807, 2.05) is 0 Å². The van der Waals surface area contributed by atoms with Crippen LogP contribution in [-0.4, -0.2) is 5.11 Å². The molecule has 4 fully saturated rings. The molecule has 2 atom stereocenters. The predicted molar refractivity (Wildman–Crippen MR) is 127 cm³/mol. The van der Waals surface area contributed by atoms with E-state index in [0.717, 1.165) is 11.5 Å². The summed E-state index contributed by atoms with van der Waals surface area (Å²) < 4.78 is 0. The largest absolute Gasteiger partial charge is 0.507 e. The van der Waals surface area contributed by atoms with Crippen molar-refractivity contribution in [2.75, 3.05) is 0 Å². The van der Waals surface area contributed by atoms with Gasteiger partial charge in [0.25, 0.3) is 0 Å². The zero-order valence-electron chi connectivity index (χ0n) is 19.7. The maximum absolute atomic E-state index is 11.4. The van der Waals surface area contributed by atoms with Crippen LogP contribution in [0.4, 0.5) is 0 Å². The quantitative estimate of drug-likeness (QED) is 0.485. The second-order valence-electron chi connectivity index (χ2n) is 12.8. The summed E-state index contributed by atoms with van der Waals surface area (Å²) in [5.74, 6) is 3.38. The molecule has 1 aromatic rings. The van der Waals surface area contributed by atoms with E-state index in [-0.39, 0.29) is 10.8 Å². The van der Waals surface area contributed by atoms with Crippen molar-refractivity contribution in [1.29, 1.82) is 0 Å². The van der Waals surface area contributed by atoms with Gasteiger partial charge in [-0.05, 0) is 78.1 Å². The van der Waals surface area contributed by atoms with E-state index in [0.29, 0.717) is 34.2 Å². The number of benzene rings is 1. The Morgan fingerprint density at radius 2 is 1.52 bits per heavy atom. The van der Waals surface area contributed by atoms with Crippen LogP contribution in [0.3, 0.4) is 0 Å². The molecule has 0 aliphatic heterocycles. The van der Waals surface area contributed by atoms with Gasteiger partial charge in [-0.1, -0.05) is 60.6 Å². The lowest BCUT2D eigenvalue weighted by molar-refractivity contribution is -0.163. The average Bonchev–Trinajstić information content (AvgIpc) is 2.59. The SMILES string of the molecule is CC(C)C12CC3CC(c4cc(C(C)(C)C)cc(CS)c4O)(C1)CC(C(C)C)(C3)C2. The molecule has 4 aliphatic carbocycles. The Balaban J connectivity index is 1.93. The highest BCUT2D eigenvalue weighted by Gasteiger charge is 2.65. The van der Waals surface area contributed by atoms with Crippen LogP contribution >= 0.6 is 12.6 Å². The second-order valence-corrected chi connectivity index (χ2v) is 13.1. The first-order valence-electron chi connectivity index (χ1n) is 11.8. The van der Waals surface area contributed by atoms with Crippen LogP contribution in [0.2, 0.25) is 0 Å². The van der Waals surface area contributed by atoms with Gasteiger partial charge in [0, 0.05) is 22.3 Å². The summed E-state index contributed by atoms with van der Waals surface area (Å²) in [6, 6.07) is 4.58. The van der Waals surface area contributed by atoms with Gasteiger partial charge in [-0.3, -0.25) is 0 Å². The molecule has 4 aliphatic rings. The molecule has 0 radical (unpaired) electrons. The van der Waals surface area contributed by atoms with Crippen LogP contribution in [0.25, 0.3) is 0 Å². The van der Waals surface area contributed by atoms with Crippen LogP contribution in [0.15, 0.2) is 12.1 Å². The third-order valence-electron chi connectivity index (χ3n) is 9.40. The topological polar surface area (TPSA) is 20.2 Å². The Hall–Kier alpha value is -0.630. The van der Waals surface area contributed by atoms with E-state index in [4.69, 9.17) is 0 Å². The van der Waals surface area contributed by atoms with E-state index >= 15 is 0 Å². The number of hydrogen-bond donors (Lipinski definition) is 2. The molecule has 29 heavy (non-hydrogen) atoms. The van der Waals surface area contributed by atoms with Gasteiger partial charge in [0.15, 0.2) is 0 Å². The van der Waals surface area contributed by atoms with Crippen LogP contribution < -0.4 is 0 Å². The molecule has 5 rings (SSSR count). The van der Waals surface area contributed by atoms with Gasteiger partial charge in [0.2, 0.25) is 0 Å². The number of aromatic hydroxyl groups is 1. The molecular formula is C27H42OS. The molecule has 162 valence electrons. The van der Waals surface area contributed by atoms with Crippen LogP contribution in [-0.2, 0) is 16.6 Å². The van der Waals surface area contributed by atoms with Gasteiger partial charge in [0.1, 0.15) is 5.75 Å². The summed E-state index contributed by atoms with van der Waals surface area (Å²) >= 11 is 4.59.